The van der Waals surface area contributed by atoms with Crippen LogP contribution in [0.2, 0.25) is 0 Å². The number of rotatable bonds is 8. The van der Waals surface area contributed by atoms with Crippen molar-refractivity contribution in [1.82, 2.24) is 0 Å². The molecule has 0 rings (SSSR count). The van der Waals surface area contributed by atoms with E-state index in [0.717, 1.165) is 12.8 Å². The number of hydrogen-bond donors (Lipinski definition) is 1. The minimum absolute atomic E-state index is 0.217. The van der Waals surface area contributed by atoms with Crippen molar-refractivity contribution in [2.45, 2.75) is 52.2 Å². The summed E-state index contributed by atoms with van der Waals surface area (Å²) in [5.74, 6) is -0.323. The van der Waals surface area contributed by atoms with Crippen LogP contribution in [0.3, 0.4) is 0 Å². The van der Waals surface area contributed by atoms with Gasteiger partial charge in [0.05, 0.1) is 6.61 Å². The van der Waals surface area contributed by atoms with E-state index in [-0.39, 0.29) is 12.1 Å². The van der Waals surface area contributed by atoms with Crippen LogP contribution < -0.4 is 5.73 Å². The molecule has 0 saturated heterocycles. The maximum Gasteiger partial charge on any atom is 0.323 e. The molecule has 0 fully saturated rings. The maximum atomic E-state index is 11.4. The summed E-state index contributed by atoms with van der Waals surface area (Å²) in [6, 6.07) is -0.492. The summed E-state index contributed by atoms with van der Waals surface area (Å²) in [5.41, 5.74) is 5.66. The van der Waals surface area contributed by atoms with Crippen LogP contribution in [0.1, 0.15) is 40.0 Å². The van der Waals surface area contributed by atoms with E-state index in [9.17, 15) is 4.79 Å². The molecule has 4 nitrogen and oxygen atoms in total. The van der Waals surface area contributed by atoms with E-state index in [1.54, 1.807) is 6.92 Å². The van der Waals surface area contributed by atoms with Gasteiger partial charge in [0.2, 0.25) is 0 Å². The molecule has 15 heavy (non-hydrogen) atoms. The van der Waals surface area contributed by atoms with Gasteiger partial charge in [-0.3, -0.25) is 4.79 Å². The summed E-state index contributed by atoms with van der Waals surface area (Å²) in [5, 5.41) is 0. The molecule has 0 aliphatic rings. The number of carbonyl (C=O) groups excluding carboxylic acids is 1. The third-order valence-corrected chi connectivity index (χ3v) is 2.05. The molecule has 0 aromatic rings. The van der Waals surface area contributed by atoms with Crippen LogP contribution >= 0.6 is 0 Å². The second kappa shape index (κ2) is 8.68. The van der Waals surface area contributed by atoms with Gasteiger partial charge in [-0.15, -0.1) is 0 Å². The lowest BCUT2D eigenvalue weighted by atomic mass is 10.1. The van der Waals surface area contributed by atoms with Crippen molar-refractivity contribution in [2.24, 2.45) is 5.73 Å². The Bertz CT molecular complexity index is 173. The first-order valence-corrected chi connectivity index (χ1v) is 5.65. The summed E-state index contributed by atoms with van der Waals surface area (Å²) in [7, 11) is 0. The average Bonchev–Trinajstić information content (AvgIpc) is 2.22. The minimum Gasteiger partial charge on any atom is -0.459 e. The van der Waals surface area contributed by atoms with Gasteiger partial charge >= 0.3 is 5.97 Å². The Labute approximate surface area is 92.1 Å². The first-order valence-electron chi connectivity index (χ1n) is 5.65. The first-order chi connectivity index (χ1) is 7.11. The molecule has 0 saturated carbocycles. The van der Waals surface area contributed by atoms with E-state index in [2.05, 4.69) is 6.92 Å². The van der Waals surface area contributed by atoms with E-state index in [0.29, 0.717) is 19.6 Å². The fourth-order valence-electron chi connectivity index (χ4n) is 1.15. The molecule has 0 spiro atoms. The van der Waals surface area contributed by atoms with Crippen molar-refractivity contribution < 1.29 is 14.3 Å². The SMILES string of the molecule is CCCC[C@H](N)C(=O)OC(C)COCC. The van der Waals surface area contributed by atoms with Gasteiger partial charge in [-0.1, -0.05) is 19.8 Å². The Balaban J connectivity index is 3.70. The Morgan fingerprint density at radius 3 is 2.60 bits per heavy atom. The van der Waals surface area contributed by atoms with Crippen molar-refractivity contribution in [3.8, 4) is 0 Å². The monoisotopic (exact) mass is 217 g/mol. The maximum absolute atomic E-state index is 11.4. The lowest BCUT2D eigenvalue weighted by Crippen LogP contribution is -2.35. The highest BCUT2D eigenvalue weighted by Crippen LogP contribution is 2.02. The third-order valence-electron chi connectivity index (χ3n) is 2.05. The fourth-order valence-corrected chi connectivity index (χ4v) is 1.15. The van der Waals surface area contributed by atoms with E-state index >= 15 is 0 Å². The minimum atomic E-state index is -0.492. The second-order valence-corrected chi connectivity index (χ2v) is 3.66. The Kier molecular flexibility index (Phi) is 8.33. The van der Waals surface area contributed by atoms with Gasteiger partial charge < -0.3 is 15.2 Å². The number of esters is 1. The highest BCUT2D eigenvalue weighted by atomic mass is 16.6. The highest BCUT2D eigenvalue weighted by Gasteiger charge is 2.17. The van der Waals surface area contributed by atoms with Crippen LogP contribution in [-0.2, 0) is 14.3 Å². The molecule has 90 valence electrons. The second-order valence-electron chi connectivity index (χ2n) is 3.66. The van der Waals surface area contributed by atoms with Gasteiger partial charge in [-0.25, -0.2) is 0 Å². The van der Waals surface area contributed by atoms with Crippen molar-refractivity contribution in [3.63, 3.8) is 0 Å². The zero-order valence-electron chi connectivity index (χ0n) is 9.99. The molecule has 2 N–H and O–H groups in total. The van der Waals surface area contributed by atoms with Crippen LogP contribution in [0.15, 0.2) is 0 Å². The predicted molar refractivity (Wildman–Crippen MR) is 59.5 cm³/mol. The first kappa shape index (κ1) is 14.4. The Morgan fingerprint density at radius 1 is 1.40 bits per heavy atom. The average molecular weight is 217 g/mol. The zero-order chi connectivity index (χ0) is 11.7. The largest absolute Gasteiger partial charge is 0.459 e. The number of ether oxygens (including phenoxy) is 2. The fraction of sp³-hybridized carbons (Fsp3) is 0.909. The summed E-state index contributed by atoms with van der Waals surface area (Å²) in [6.45, 7) is 6.84. The summed E-state index contributed by atoms with van der Waals surface area (Å²) in [4.78, 5) is 11.4. The molecule has 0 bridgehead atoms. The predicted octanol–water partition coefficient (Wildman–Crippen LogP) is 1.47. The molecule has 4 heteroatoms. The van der Waals surface area contributed by atoms with Crippen LogP contribution in [0, 0.1) is 0 Å². The van der Waals surface area contributed by atoms with Crippen molar-refractivity contribution >= 4 is 5.97 Å². The lowest BCUT2D eigenvalue weighted by Gasteiger charge is -2.16. The zero-order valence-corrected chi connectivity index (χ0v) is 9.99. The van der Waals surface area contributed by atoms with Gasteiger partial charge in [0.15, 0.2) is 0 Å². The quantitative estimate of drug-likeness (QED) is 0.625. The van der Waals surface area contributed by atoms with Crippen LogP contribution in [-0.4, -0.2) is 31.3 Å². The molecule has 0 amide bonds. The molecule has 0 aliphatic heterocycles. The molecule has 0 aromatic carbocycles. The molecule has 0 radical (unpaired) electrons. The topological polar surface area (TPSA) is 61.6 Å². The Morgan fingerprint density at radius 2 is 2.07 bits per heavy atom. The van der Waals surface area contributed by atoms with E-state index < -0.39 is 6.04 Å². The normalized spacial score (nSPS) is 14.7. The third kappa shape index (κ3) is 7.33. The van der Waals surface area contributed by atoms with Gasteiger partial charge in [-0.05, 0) is 20.3 Å². The number of nitrogens with two attached hydrogens (primary N) is 1. The van der Waals surface area contributed by atoms with Gasteiger partial charge in [-0.2, -0.15) is 0 Å². The van der Waals surface area contributed by atoms with E-state index in [4.69, 9.17) is 15.2 Å². The summed E-state index contributed by atoms with van der Waals surface area (Å²) >= 11 is 0. The molecule has 2 atom stereocenters. The van der Waals surface area contributed by atoms with Gasteiger partial charge in [0.25, 0.3) is 0 Å². The molecular formula is C11H23NO3. The van der Waals surface area contributed by atoms with Gasteiger partial charge in [0, 0.05) is 6.61 Å². The van der Waals surface area contributed by atoms with Crippen LogP contribution in [0.5, 0.6) is 0 Å². The Hall–Kier alpha value is -0.610. The molecule has 0 aliphatic carbocycles. The lowest BCUT2D eigenvalue weighted by molar-refractivity contribution is -0.152. The van der Waals surface area contributed by atoms with E-state index in [1.807, 2.05) is 6.92 Å². The smallest absolute Gasteiger partial charge is 0.323 e. The van der Waals surface area contributed by atoms with Crippen molar-refractivity contribution in [1.29, 1.82) is 0 Å². The van der Waals surface area contributed by atoms with Crippen molar-refractivity contribution in [3.05, 3.63) is 0 Å². The highest BCUT2D eigenvalue weighted by molar-refractivity contribution is 5.75. The van der Waals surface area contributed by atoms with Crippen LogP contribution in [0.4, 0.5) is 0 Å². The number of hydrogen-bond acceptors (Lipinski definition) is 4. The summed E-state index contributed by atoms with van der Waals surface area (Å²) in [6.07, 6.45) is 2.47. The molecule has 0 aromatic heterocycles. The van der Waals surface area contributed by atoms with Crippen molar-refractivity contribution in [2.75, 3.05) is 13.2 Å². The molecular weight excluding hydrogens is 194 g/mol. The van der Waals surface area contributed by atoms with Crippen LogP contribution in [0.25, 0.3) is 0 Å². The number of carbonyl (C=O) groups is 1. The van der Waals surface area contributed by atoms with Gasteiger partial charge in [0.1, 0.15) is 12.1 Å². The number of unbranched alkanes of at least 4 members (excludes halogenated alkanes) is 1. The standard InChI is InChI=1S/C11H23NO3/c1-4-6-7-10(12)11(13)15-9(3)8-14-5-2/h9-10H,4-8,12H2,1-3H3/t9?,10-/m0/s1. The van der Waals surface area contributed by atoms with E-state index in [1.165, 1.54) is 0 Å². The summed E-state index contributed by atoms with van der Waals surface area (Å²) < 4.78 is 10.3. The molecule has 0 heterocycles. The molecule has 1 unspecified atom stereocenters.